The number of esters is 1. The molecule has 0 fully saturated rings. The molecule has 0 aromatic carbocycles. The van der Waals surface area contributed by atoms with Gasteiger partial charge in [-0.15, -0.1) is 0 Å². The van der Waals surface area contributed by atoms with Crippen LogP contribution in [0.15, 0.2) is 23.9 Å². The Morgan fingerprint density at radius 3 is 2.43 bits per heavy atom. The van der Waals surface area contributed by atoms with Gasteiger partial charge in [-0.2, -0.15) is 0 Å². The summed E-state index contributed by atoms with van der Waals surface area (Å²) in [4.78, 5) is 11.2. The van der Waals surface area contributed by atoms with Gasteiger partial charge in [0.05, 0.1) is 6.42 Å². The highest BCUT2D eigenvalue weighted by Gasteiger charge is 2.14. The molecule has 0 aliphatic rings. The second-order valence-electron chi connectivity index (χ2n) is 3.98. The summed E-state index contributed by atoms with van der Waals surface area (Å²) < 4.78 is 5.10. The zero-order valence-electron chi connectivity index (χ0n) is 9.33. The first-order valence-electron chi connectivity index (χ1n) is 4.65. The maximum Gasteiger partial charge on any atom is 0.310 e. The number of allylic oxidation sites excluding steroid dienone is 2. The summed E-state index contributed by atoms with van der Waals surface area (Å²) in [6, 6.07) is 0. The fourth-order valence-electron chi connectivity index (χ4n) is 0.771. The third kappa shape index (κ3) is 7.40. The lowest BCUT2D eigenvalue weighted by molar-refractivity contribution is -0.153. The van der Waals surface area contributed by atoms with Gasteiger partial charge in [0.25, 0.3) is 0 Å². The van der Waals surface area contributed by atoms with E-state index in [9.17, 15) is 4.79 Å². The van der Waals surface area contributed by atoms with Crippen molar-refractivity contribution in [1.29, 1.82) is 0 Å². The lowest BCUT2D eigenvalue weighted by atomic mass is 10.2. The maximum absolute atomic E-state index is 11.2. The quantitative estimate of drug-likeness (QED) is 0.557. The zero-order valence-corrected chi connectivity index (χ0v) is 9.33. The van der Waals surface area contributed by atoms with E-state index in [0.717, 1.165) is 0 Å². The third-order valence-corrected chi connectivity index (χ3v) is 1.35. The highest BCUT2D eigenvalue weighted by Crippen LogP contribution is 2.08. The zero-order chi connectivity index (χ0) is 11.2. The molecule has 0 unspecified atom stereocenters. The van der Waals surface area contributed by atoms with Crippen LogP contribution < -0.4 is 5.73 Å². The van der Waals surface area contributed by atoms with E-state index in [2.05, 4.69) is 0 Å². The molecule has 2 N–H and O–H groups in total. The second-order valence-corrected chi connectivity index (χ2v) is 3.98. The molecule has 0 amide bonds. The normalized spacial score (nSPS) is 13.3. The van der Waals surface area contributed by atoms with Crippen molar-refractivity contribution in [3.63, 3.8) is 0 Å². The van der Waals surface area contributed by atoms with Crippen LogP contribution >= 0.6 is 0 Å². The van der Waals surface area contributed by atoms with Crippen LogP contribution in [0.4, 0.5) is 0 Å². The fraction of sp³-hybridized carbons (Fsp3) is 0.545. The van der Waals surface area contributed by atoms with Crippen molar-refractivity contribution in [3.05, 3.63) is 23.9 Å². The molecule has 0 aliphatic heterocycles. The molecule has 0 aromatic rings. The Hall–Kier alpha value is -1.25. The molecule has 0 heterocycles. The van der Waals surface area contributed by atoms with Crippen molar-refractivity contribution in [1.82, 2.24) is 0 Å². The Morgan fingerprint density at radius 1 is 1.43 bits per heavy atom. The molecular formula is C11H19NO2. The summed E-state index contributed by atoms with van der Waals surface area (Å²) >= 11 is 0. The van der Waals surface area contributed by atoms with Gasteiger partial charge in [0.1, 0.15) is 5.60 Å². The van der Waals surface area contributed by atoms with E-state index in [1.165, 1.54) is 0 Å². The number of carbonyl (C=O) groups excluding carboxylic acids is 1. The molecule has 0 bridgehead atoms. The number of rotatable bonds is 3. The van der Waals surface area contributed by atoms with Crippen molar-refractivity contribution >= 4 is 5.97 Å². The first-order chi connectivity index (χ1) is 6.35. The fourth-order valence-corrected chi connectivity index (χ4v) is 0.771. The minimum Gasteiger partial charge on any atom is -0.460 e. The van der Waals surface area contributed by atoms with Crippen LogP contribution in [0.1, 0.15) is 34.1 Å². The van der Waals surface area contributed by atoms with E-state index in [4.69, 9.17) is 10.5 Å². The molecule has 3 nitrogen and oxygen atoms in total. The number of hydrogen-bond donors (Lipinski definition) is 1. The van der Waals surface area contributed by atoms with Gasteiger partial charge in [-0.1, -0.05) is 12.2 Å². The van der Waals surface area contributed by atoms with E-state index in [0.29, 0.717) is 5.70 Å². The maximum atomic E-state index is 11.2. The SMILES string of the molecule is C/C=C(N)\C=C/CC(=O)OC(C)(C)C. The van der Waals surface area contributed by atoms with Crippen molar-refractivity contribution in [2.75, 3.05) is 0 Å². The van der Waals surface area contributed by atoms with Gasteiger partial charge >= 0.3 is 5.97 Å². The number of carbonyl (C=O) groups is 1. The van der Waals surface area contributed by atoms with Crippen LogP contribution in [0, 0.1) is 0 Å². The topological polar surface area (TPSA) is 52.3 Å². The lowest BCUT2D eigenvalue weighted by Crippen LogP contribution is -2.23. The largest absolute Gasteiger partial charge is 0.460 e. The van der Waals surface area contributed by atoms with Crippen LogP contribution in [0.5, 0.6) is 0 Å². The van der Waals surface area contributed by atoms with Crippen molar-refractivity contribution in [3.8, 4) is 0 Å². The molecule has 0 aromatic heterocycles. The second kappa shape index (κ2) is 5.47. The van der Waals surface area contributed by atoms with Crippen LogP contribution in [0.25, 0.3) is 0 Å². The van der Waals surface area contributed by atoms with Crippen LogP contribution in [0.3, 0.4) is 0 Å². The van der Waals surface area contributed by atoms with E-state index < -0.39 is 5.60 Å². The average Bonchev–Trinajstić information content (AvgIpc) is 2.00. The minimum atomic E-state index is -0.420. The molecule has 3 heteroatoms. The molecular weight excluding hydrogens is 178 g/mol. The summed E-state index contributed by atoms with van der Waals surface area (Å²) in [5.41, 5.74) is 5.74. The molecule has 0 saturated carbocycles. The molecule has 0 spiro atoms. The van der Waals surface area contributed by atoms with Gasteiger partial charge in [-0.3, -0.25) is 4.79 Å². The molecule has 14 heavy (non-hydrogen) atoms. The molecule has 80 valence electrons. The van der Waals surface area contributed by atoms with Crippen LogP contribution in [-0.4, -0.2) is 11.6 Å². The minimum absolute atomic E-state index is 0.238. The average molecular weight is 197 g/mol. The molecule has 0 saturated heterocycles. The van der Waals surface area contributed by atoms with Crippen LogP contribution in [0.2, 0.25) is 0 Å². The smallest absolute Gasteiger partial charge is 0.310 e. The van der Waals surface area contributed by atoms with Gasteiger partial charge < -0.3 is 10.5 Å². The van der Waals surface area contributed by atoms with E-state index in [1.54, 1.807) is 18.2 Å². The Balaban J connectivity index is 3.92. The summed E-state index contributed by atoms with van der Waals surface area (Å²) in [7, 11) is 0. The molecule has 0 rings (SSSR count). The standard InChI is InChI=1S/C11H19NO2/c1-5-9(12)7-6-8-10(13)14-11(2,3)4/h5-7H,8,12H2,1-4H3/b7-6-,9-5+. The van der Waals surface area contributed by atoms with Gasteiger partial charge in [-0.25, -0.2) is 0 Å². The van der Waals surface area contributed by atoms with Gasteiger partial charge in [0, 0.05) is 5.70 Å². The Kier molecular flexibility index (Phi) is 4.99. The van der Waals surface area contributed by atoms with Crippen LogP contribution in [-0.2, 0) is 9.53 Å². The molecule has 0 atom stereocenters. The molecule has 0 aliphatic carbocycles. The predicted octanol–water partition coefficient (Wildman–Crippen LogP) is 2.14. The van der Waals surface area contributed by atoms with Crippen molar-refractivity contribution in [2.24, 2.45) is 5.73 Å². The van der Waals surface area contributed by atoms with Gasteiger partial charge in [0.15, 0.2) is 0 Å². The van der Waals surface area contributed by atoms with E-state index >= 15 is 0 Å². The predicted molar refractivity (Wildman–Crippen MR) is 57.5 cm³/mol. The van der Waals surface area contributed by atoms with Gasteiger partial charge in [0.2, 0.25) is 0 Å². The number of ether oxygens (including phenoxy) is 1. The first-order valence-corrected chi connectivity index (χ1v) is 4.65. The third-order valence-electron chi connectivity index (χ3n) is 1.35. The molecule has 0 radical (unpaired) electrons. The lowest BCUT2D eigenvalue weighted by Gasteiger charge is -2.18. The number of hydrogen-bond acceptors (Lipinski definition) is 3. The van der Waals surface area contributed by atoms with E-state index in [1.807, 2.05) is 27.7 Å². The summed E-state index contributed by atoms with van der Waals surface area (Å²) in [6.07, 6.45) is 5.42. The van der Waals surface area contributed by atoms with Crippen molar-refractivity contribution in [2.45, 2.75) is 39.7 Å². The summed E-state index contributed by atoms with van der Waals surface area (Å²) in [6.45, 7) is 7.37. The Morgan fingerprint density at radius 2 is 2.00 bits per heavy atom. The first kappa shape index (κ1) is 12.8. The highest BCUT2D eigenvalue weighted by atomic mass is 16.6. The van der Waals surface area contributed by atoms with Gasteiger partial charge in [-0.05, 0) is 33.8 Å². The van der Waals surface area contributed by atoms with Crippen molar-refractivity contribution < 1.29 is 9.53 Å². The number of nitrogens with two attached hydrogens (primary N) is 1. The summed E-state index contributed by atoms with van der Waals surface area (Å²) in [5, 5.41) is 0. The highest BCUT2D eigenvalue weighted by molar-refractivity contribution is 5.71. The Bertz CT molecular complexity index is 247. The van der Waals surface area contributed by atoms with E-state index in [-0.39, 0.29) is 12.4 Å². The summed E-state index contributed by atoms with van der Waals surface area (Å²) in [5.74, 6) is -0.238. The Labute approximate surface area is 85.6 Å². The monoisotopic (exact) mass is 197 g/mol.